The fourth-order valence-corrected chi connectivity index (χ4v) is 4.35. The van der Waals surface area contributed by atoms with Crippen LogP contribution < -0.4 is 4.74 Å². The zero-order chi connectivity index (χ0) is 23.0. The van der Waals surface area contributed by atoms with Crippen molar-refractivity contribution in [2.75, 3.05) is 39.3 Å². The van der Waals surface area contributed by atoms with E-state index in [2.05, 4.69) is 39.4 Å². The molecule has 1 amide bonds. The monoisotopic (exact) mass is 465 g/mol. The van der Waals surface area contributed by atoms with Crippen molar-refractivity contribution in [2.24, 2.45) is 0 Å². The van der Waals surface area contributed by atoms with Gasteiger partial charge in [0.1, 0.15) is 5.75 Å². The average molecular weight is 466 g/mol. The molecule has 0 unspecified atom stereocenters. The molecule has 0 bridgehead atoms. The highest BCUT2D eigenvalue weighted by atomic mass is 32.1. The fourth-order valence-electron chi connectivity index (χ4n) is 4.13. The molecule has 0 atom stereocenters. The molecule has 0 aliphatic carbocycles. The molecule has 1 aliphatic rings. The molecule has 1 aromatic heterocycles. The first-order valence-electron chi connectivity index (χ1n) is 11.6. The van der Waals surface area contributed by atoms with Gasteiger partial charge in [0.05, 0.1) is 6.61 Å². The summed E-state index contributed by atoms with van der Waals surface area (Å²) in [4.78, 5) is 17.3. The number of amides is 1. The number of piperazine rings is 1. The highest BCUT2D eigenvalue weighted by molar-refractivity contribution is 7.71. The number of hydrogen-bond donors (Lipinski definition) is 1. The summed E-state index contributed by atoms with van der Waals surface area (Å²) in [6.45, 7) is 7.50. The molecule has 174 valence electrons. The second-order valence-electron chi connectivity index (χ2n) is 8.17. The Morgan fingerprint density at radius 1 is 1.03 bits per heavy atom. The molecule has 1 N–H and O–H groups in total. The second kappa shape index (κ2) is 11.2. The molecule has 4 rings (SSSR count). The minimum Gasteiger partial charge on any atom is -0.494 e. The number of H-pyrrole nitrogens is 1. The van der Waals surface area contributed by atoms with E-state index in [0.717, 1.165) is 56.3 Å². The maximum atomic E-state index is 12.9. The van der Waals surface area contributed by atoms with Gasteiger partial charge in [-0.25, -0.2) is 0 Å². The third kappa shape index (κ3) is 6.09. The van der Waals surface area contributed by atoms with Crippen LogP contribution in [0.1, 0.15) is 18.9 Å². The van der Waals surface area contributed by atoms with E-state index < -0.39 is 0 Å². The van der Waals surface area contributed by atoms with E-state index in [1.807, 2.05) is 46.7 Å². The third-order valence-corrected chi connectivity index (χ3v) is 6.33. The number of rotatable bonds is 9. The lowest BCUT2D eigenvalue weighted by atomic mass is 10.1. The summed E-state index contributed by atoms with van der Waals surface area (Å²) in [5, 5.41) is 7.25. The zero-order valence-electron chi connectivity index (χ0n) is 19.1. The molecule has 0 radical (unpaired) electrons. The maximum absolute atomic E-state index is 12.9. The number of nitrogens with one attached hydrogen (secondary N) is 1. The number of aromatic amines is 1. The summed E-state index contributed by atoms with van der Waals surface area (Å²) >= 11 is 5.42. The van der Waals surface area contributed by atoms with Crippen molar-refractivity contribution in [1.29, 1.82) is 0 Å². The van der Waals surface area contributed by atoms with E-state index >= 15 is 0 Å². The molecule has 8 heteroatoms. The van der Waals surface area contributed by atoms with Crippen molar-refractivity contribution < 1.29 is 9.53 Å². The first kappa shape index (κ1) is 23.2. The molecule has 0 spiro atoms. The Balaban J connectivity index is 1.28. The van der Waals surface area contributed by atoms with Gasteiger partial charge in [0.2, 0.25) is 5.91 Å². The number of aromatic nitrogens is 3. The Morgan fingerprint density at radius 3 is 2.45 bits per heavy atom. The predicted octanol–water partition coefficient (Wildman–Crippen LogP) is 3.78. The fraction of sp³-hybridized carbons (Fsp3) is 0.400. The molecule has 0 saturated carbocycles. The molecule has 1 fully saturated rings. The predicted molar refractivity (Wildman–Crippen MR) is 132 cm³/mol. The lowest BCUT2D eigenvalue weighted by Crippen LogP contribution is -2.49. The van der Waals surface area contributed by atoms with Gasteiger partial charge < -0.3 is 9.64 Å². The lowest BCUT2D eigenvalue weighted by Gasteiger charge is -2.34. The van der Waals surface area contributed by atoms with Crippen molar-refractivity contribution in [3.63, 3.8) is 0 Å². The number of ether oxygens (including phenoxy) is 1. The van der Waals surface area contributed by atoms with E-state index in [-0.39, 0.29) is 5.91 Å². The van der Waals surface area contributed by atoms with E-state index in [1.54, 1.807) is 0 Å². The standard InChI is InChI=1S/C25H31N5O2S/c1-2-32-22-10-8-21(9-11-22)24-26-27-25(33)30(24)15-13-23(31)29-18-16-28(17-19-29)14-12-20-6-4-3-5-7-20/h3-11H,2,12-19H2,1H3,(H,27,33). The van der Waals surface area contributed by atoms with Crippen LogP contribution in [0.3, 0.4) is 0 Å². The Labute approximate surface area is 200 Å². The molecule has 2 heterocycles. The van der Waals surface area contributed by atoms with E-state index in [1.165, 1.54) is 5.56 Å². The van der Waals surface area contributed by atoms with E-state index in [0.29, 0.717) is 24.3 Å². The molecular formula is C25H31N5O2S. The molecule has 1 saturated heterocycles. The molecular weight excluding hydrogens is 434 g/mol. The average Bonchev–Trinajstić information content (AvgIpc) is 3.23. The van der Waals surface area contributed by atoms with Gasteiger partial charge in [-0.2, -0.15) is 5.10 Å². The van der Waals surface area contributed by atoms with Crippen molar-refractivity contribution in [1.82, 2.24) is 24.6 Å². The van der Waals surface area contributed by atoms with Crippen molar-refractivity contribution >= 4 is 18.1 Å². The quantitative estimate of drug-likeness (QED) is 0.487. The van der Waals surface area contributed by atoms with Gasteiger partial charge in [0, 0.05) is 51.3 Å². The topological polar surface area (TPSA) is 66.4 Å². The van der Waals surface area contributed by atoms with Gasteiger partial charge in [-0.3, -0.25) is 19.4 Å². The first-order valence-corrected chi connectivity index (χ1v) is 12.0. The van der Waals surface area contributed by atoms with Gasteiger partial charge in [-0.15, -0.1) is 0 Å². The molecule has 1 aliphatic heterocycles. The molecule has 33 heavy (non-hydrogen) atoms. The second-order valence-corrected chi connectivity index (χ2v) is 8.56. The number of hydrogen-bond acceptors (Lipinski definition) is 5. The highest BCUT2D eigenvalue weighted by Gasteiger charge is 2.21. The normalized spacial score (nSPS) is 14.4. The number of carbonyl (C=O) groups excluding carboxylic acids is 1. The molecule has 2 aromatic carbocycles. The van der Waals surface area contributed by atoms with Crippen LogP contribution >= 0.6 is 12.2 Å². The minimum absolute atomic E-state index is 0.165. The largest absolute Gasteiger partial charge is 0.494 e. The van der Waals surface area contributed by atoms with Crippen LogP contribution in [0.4, 0.5) is 0 Å². The first-order chi connectivity index (χ1) is 16.1. The Hall–Kier alpha value is -2.97. The van der Waals surface area contributed by atoms with Gasteiger partial charge in [0.15, 0.2) is 10.6 Å². The van der Waals surface area contributed by atoms with Crippen LogP contribution in [0.2, 0.25) is 0 Å². The van der Waals surface area contributed by atoms with E-state index in [4.69, 9.17) is 17.0 Å². The Kier molecular flexibility index (Phi) is 7.91. The van der Waals surface area contributed by atoms with Crippen LogP contribution in [-0.2, 0) is 17.8 Å². The van der Waals surface area contributed by atoms with Crippen LogP contribution in [0.5, 0.6) is 5.75 Å². The van der Waals surface area contributed by atoms with Crippen molar-refractivity contribution in [3.8, 4) is 17.1 Å². The molecule has 7 nitrogen and oxygen atoms in total. The molecule has 3 aromatic rings. The summed E-state index contributed by atoms with van der Waals surface area (Å²) < 4.78 is 7.94. The van der Waals surface area contributed by atoms with Crippen molar-refractivity contribution in [2.45, 2.75) is 26.3 Å². The summed E-state index contributed by atoms with van der Waals surface area (Å²) in [7, 11) is 0. The Bertz CT molecular complexity index is 1090. The van der Waals surface area contributed by atoms with Gasteiger partial charge in [-0.05, 0) is 55.4 Å². The number of nitrogens with zero attached hydrogens (tertiary/aromatic N) is 4. The number of benzene rings is 2. The minimum atomic E-state index is 0.165. The summed E-state index contributed by atoms with van der Waals surface area (Å²) in [5.74, 6) is 1.72. The van der Waals surface area contributed by atoms with Crippen LogP contribution in [0.25, 0.3) is 11.4 Å². The smallest absolute Gasteiger partial charge is 0.224 e. The Morgan fingerprint density at radius 2 is 1.76 bits per heavy atom. The summed E-state index contributed by atoms with van der Waals surface area (Å²) in [5.41, 5.74) is 2.29. The summed E-state index contributed by atoms with van der Waals surface area (Å²) in [6, 6.07) is 18.3. The summed E-state index contributed by atoms with van der Waals surface area (Å²) in [6.07, 6.45) is 1.45. The van der Waals surface area contributed by atoms with Gasteiger partial charge in [0.25, 0.3) is 0 Å². The zero-order valence-corrected chi connectivity index (χ0v) is 19.9. The SMILES string of the molecule is CCOc1ccc(-c2n[nH]c(=S)n2CCC(=O)N2CCN(CCc3ccccc3)CC2)cc1. The van der Waals surface area contributed by atoms with Crippen LogP contribution in [0.15, 0.2) is 54.6 Å². The number of carbonyl (C=O) groups is 1. The van der Waals surface area contributed by atoms with Crippen LogP contribution in [0, 0.1) is 4.77 Å². The lowest BCUT2D eigenvalue weighted by molar-refractivity contribution is -0.133. The highest BCUT2D eigenvalue weighted by Crippen LogP contribution is 2.21. The maximum Gasteiger partial charge on any atom is 0.224 e. The van der Waals surface area contributed by atoms with Crippen molar-refractivity contribution in [3.05, 3.63) is 64.9 Å². The van der Waals surface area contributed by atoms with Gasteiger partial charge in [-0.1, -0.05) is 30.3 Å². The third-order valence-electron chi connectivity index (χ3n) is 6.02. The van der Waals surface area contributed by atoms with Crippen LogP contribution in [-0.4, -0.2) is 69.8 Å². The van der Waals surface area contributed by atoms with E-state index in [9.17, 15) is 4.79 Å². The van der Waals surface area contributed by atoms with Gasteiger partial charge >= 0.3 is 0 Å².